The Morgan fingerprint density at radius 3 is 2.30 bits per heavy atom. The van der Waals surface area contributed by atoms with Gasteiger partial charge >= 0.3 is 5.97 Å². The fourth-order valence-corrected chi connectivity index (χ4v) is 0.529. The van der Waals surface area contributed by atoms with Crippen molar-refractivity contribution in [3.63, 3.8) is 0 Å². The summed E-state index contributed by atoms with van der Waals surface area (Å²) in [7, 11) is 0. The van der Waals surface area contributed by atoms with Gasteiger partial charge in [-0.15, -0.1) is 34.8 Å². The summed E-state index contributed by atoms with van der Waals surface area (Å²) in [6.45, 7) is -0.246. The highest BCUT2D eigenvalue weighted by Crippen LogP contribution is 2.10. The van der Waals surface area contributed by atoms with E-state index in [4.69, 9.17) is 39.9 Å². The molecular formula is C4H6Cl3NO2. The number of carbonyl (C=O) groups is 1. The maximum atomic E-state index is 9.92. The number of aliphatic carboxylic acids is 1. The monoisotopic (exact) mass is 205 g/mol. The SMILES string of the molecule is O=C(O)CNC(Cl)C(Cl)Cl. The first-order valence-electron chi connectivity index (χ1n) is 2.41. The van der Waals surface area contributed by atoms with E-state index in [1.54, 1.807) is 0 Å². The minimum Gasteiger partial charge on any atom is -0.480 e. The summed E-state index contributed by atoms with van der Waals surface area (Å²) in [6.07, 6.45) is 0. The van der Waals surface area contributed by atoms with Crippen LogP contribution in [0.25, 0.3) is 0 Å². The number of carboxylic acid groups (broad SMARTS) is 1. The van der Waals surface area contributed by atoms with Crippen molar-refractivity contribution in [2.45, 2.75) is 10.3 Å². The normalized spacial score (nSPS) is 13.6. The Bertz CT molecular complexity index is 119. The van der Waals surface area contributed by atoms with Gasteiger partial charge in [0.2, 0.25) is 0 Å². The molecule has 0 aromatic carbocycles. The molecule has 1 unspecified atom stereocenters. The van der Waals surface area contributed by atoms with Gasteiger partial charge in [-0.25, -0.2) is 0 Å². The van der Waals surface area contributed by atoms with Crippen LogP contribution in [0.5, 0.6) is 0 Å². The van der Waals surface area contributed by atoms with Gasteiger partial charge in [0.15, 0.2) is 0 Å². The summed E-state index contributed by atoms with van der Waals surface area (Å²) in [4.78, 5) is 9.11. The molecule has 2 N–H and O–H groups in total. The molecule has 0 aliphatic rings. The quantitative estimate of drug-likeness (QED) is 0.534. The lowest BCUT2D eigenvalue weighted by Gasteiger charge is -2.09. The zero-order valence-electron chi connectivity index (χ0n) is 4.85. The largest absolute Gasteiger partial charge is 0.480 e. The van der Waals surface area contributed by atoms with Gasteiger partial charge in [0.05, 0.1) is 6.54 Å². The first-order chi connectivity index (χ1) is 4.54. The molecule has 0 heterocycles. The van der Waals surface area contributed by atoms with Crippen LogP contribution >= 0.6 is 34.8 Å². The van der Waals surface area contributed by atoms with E-state index in [2.05, 4.69) is 5.32 Å². The van der Waals surface area contributed by atoms with E-state index in [9.17, 15) is 4.79 Å². The van der Waals surface area contributed by atoms with Gasteiger partial charge < -0.3 is 5.11 Å². The third kappa shape index (κ3) is 5.11. The van der Waals surface area contributed by atoms with E-state index in [-0.39, 0.29) is 6.54 Å². The zero-order valence-corrected chi connectivity index (χ0v) is 7.12. The molecule has 0 bridgehead atoms. The minimum atomic E-state index is -1.00. The van der Waals surface area contributed by atoms with Crippen LogP contribution in [-0.4, -0.2) is 28.0 Å². The van der Waals surface area contributed by atoms with Gasteiger partial charge in [-0.3, -0.25) is 10.1 Å². The molecular weight excluding hydrogens is 200 g/mol. The molecule has 10 heavy (non-hydrogen) atoms. The summed E-state index contributed by atoms with van der Waals surface area (Å²) in [5, 5.41) is 10.5. The second kappa shape index (κ2) is 5.02. The molecule has 60 valence electrons. The van der Waals surface area contributed by atoms with Crippen molar-refractivity contribution in [2.75, 3.05) is 6.54 Å². The molecule has 0 radical (unpaired) electrons. The third-order valence-corrected chi connectivity index (χ3v) is 1.84. The maximum absolute atomic E-state index is 9.92. The summed E-state index contributed by atoms with van der Waals surface area (Å²) in [6, 6.07) is 0. The van der Waals surface area contributed by atoms with Crippen LogP contribution in [0.1, 0.15) is 0 Å². The molecule has 0 aliphatic heterocycles. The van der Waals surface area contributed by atoms with Crippen LogP contribution in [0.4, 0.5) is 0 Å². The third-order valence-electron chi connectivity index (χ3n) is 0.670. The van der Waals surface area contributed by atoms with Gasteiger partial charge in [-0.05, 0) is 0 Å². The average Bonchev–Trinajstić information content (AvgIpc) is 1.82. The van der Waals surface area contributed by atoms with Crippen molar-refractivity contribution in [3.8, 4) is 0 Å². The summed E-state index contributed by atoms with van der Waals surface area (Å²) < 4.78 is 0. The number of halogens is 3. The van der Waals surface area contributed by atoms with Crippen molar-refractivity contribution in [1.82, 2.24) is 5.32 Å². The Kier molecular flexibility index (Phi) is 5.17. The molecule has 1 atom stereocenters. The van der Waals surface area contributed by atoms with Crippen LogP contribution in [0.3, 0.4) is 0 Å². The van der Waals surface area contributed by atoms with Crippen LogP contribution in [0.2, 0.25) is 0 Å². The lowest BCUT2D eigenvalue weighted by Crippen LogP contribution is -2.33. The number of alkyl halides is 3. The predicted molar refractivity (Wildman–Crippen MR) is 40.8 cm³/mol. The zero-order chi connectivity index (χ0) is 8.15. The first kappa shape index (κ1) is 10.3. The number of hydrogen-bond donors (Lipinski definition) is 2. The Morgan fingerprint density at radius 2 is 2.00 bits per heavy atom. The molecule has 0 rings (SSSR count). The topological polar surface area (TPSA) is 49.3 Å². The fourth-order valence-electron chi connectivity index (χ4n) is 0.274. The minimum absolute atomic E-state index is 0.246. The lowest BCUT2D eigenvalue weighted by molar-refractivity contribution is -0.136. The highest BCUT2D eigenvalue weighted by molar-refractivity contribution is 6.48. The van der Waals surface area contributed by atoms with E-state index >= 15 is 0 Å². The maximum Gasteiger partial charge on any atom is 0.317 e. The van der Waals surface area contributed by atoms with Gasteiger partial charge in [0.25, 0.3) is 0 Å². The van der Waals surface area contributed by atoms with E-state index in [1.165, 1.54) is 0 Å². The fraction of sp³-hybridized carbons (Fsp3) is 0.750. The van der Waals surface area contributed by atoms with Crippen LogP contribution < -0.4 is 5.32 Å². The van der Waals surface area contributed by atoms with Crippen molar-refractivity contribution < 1.29 is 9.90 Å². The highest BCUT2D eigenvalue weighted by atomic mass is 35.5. The first-order valence-corrected chi connectivity index (χ1v) is 3.72. The number of hydrogen-bond acceptors (Lipinski definition) is 2. The number of rotatable bonds is 4. The Labute approximate surface area is 73.2 Å². The molecule has 0 amide bonds. The average molecular weight is 206 g/mol. The second-order valence-corrected chi connectivity index (χ2v) is 3.14. The van der Waals surface area contributed by atoms with E-state index < -0.39 is 16.3 Å². The molecule has 0 spiro atoms. The van der Waals surface area contributed by atoms with E-state index in [1.807, 2.05) is 0 Å². The molecule has 6 heteroatoms. The van der Waals surface area contributed by atoms with Gasteiger partial charge in [-0.2, -0.15) is 0 Å². The lowest BCUT2D eigenvalue weighted by atomic mass is 10.6. The molecule has 0 fully saturated rings. The summed E-state index contributed by atoms with van der Waals surface area (Å²) in [5.41, 5.74) is -0.723. The predicted octanol–water partition coefficient (Wildman–Crippen LogP) is 1.03. The standard InChI is InChI=1S/C4H6Cl3NO2/c5-3(6)4(7)8-1-2(9)10/h3-4,8H,1H2,(H,9,10). The Hall–Kier alpha value is 0.300. The van der Waals surface area contributed by atoms with Crippen molar-refractivity contribution in [2.24, 2.45) is 0 Å². The van der Waals surface area contributed by atoms with E-state index in [0.717, 1.165) is 0 Å². The van der Waals surface area contributed by atoms with Crippen molar-refractivity contribution in [1.29, 1.82) is 0 Å². The van der Waals surface area contributed by atoms with Crippen LogP contribution in [0, 0.1) is 0 Å². The smallest absolute Gasteiger partial charge is 0.317 e. The van der Waals surface area contributed by atoms with Crippen molar-refractivity contribution >= 4 is 40.8 Å². The highest BCUT2D eigenvalue weighted by Gasteiger charge is 2.13. The van der Waals surface area contributed by atoms with Crippen molar-refractivity contribution in [3.05, 3.63) is 0 Å². The molecule has 0 aromatic heterocycles. The van der Waals surface area contributed by atoms with Crippen LogP contribution in [-0.2, 0) is 4.79 Å². The van der Waals surface area contributed by atoms with E-state index in [0.29, 0.717) is 0 Å². The number of nitrogens with one attached hydrogen (secondary N) is 1. The Balaban J connectivity index is 3.39. The summed E-state index contributed by atoms with van der Waals surface area (Å²) >= 11 is 16.0. The Morgan fingerprint density at radius 1 is 1.50 bits per heavy atom. The van der Waals surface area contributed by atoms with Gasteiger partial charge in [0, 0.05) is 0 Å². The second-order valence-electron chi connectivity index (χ2n) is 1.51. The van der Waals surface area contributed by atoms with Gasteiger partial charge in [-0.1, -0.05) is 0 Å². The summed E-state index contributed by atoms with van der Waals surface area (Å²) in [5.74, 6) is -1.00. The van der Waals surface area contributed by atoms with Gasteiger partial charge in [0.1, 0.15) is 10.3 Å². The van der Waals surface area contributed by atoms with Crippen LogP contribution in [0.15, 0.2) is 0 Å². The molecule has 0 saturated heterocycles. The molecule has 0 aliphatic carbocycles. The number of carboxylic acids is 1. The molecule has 0 saturated carbocycles. The molecule has 3 nitrogen and oxygen atoms in total. The molecule has 0 aromatic rings.